The minimum atomic E-state index is -0.732. The zero-order valence-corrected chi connectivity index (χ0v) is 18.6. The molecule has 0 spiro atoms. The summed E-state index contributed by atoms with van der Waals surface area (Å²) in [5.74, 6) is -0.652. The lowest BCUT2D eigenvalue weighted by molar-refractivity contribution is -0.143. The molecule has 170 valence electrons. The number of hydrogen-bond donors (Lipinski definition) is 2. The van der Waals surface area contributed by atoms with Crippen molar-refractivity contribution in [1.29, 1.82) is 0 Å². The van der Waals surface area contributed by atoms with Gasteiger partial charge in [0.15, 0.2) is 0 Å². The molecule has 1 fully saturated rings. The van der Waals surface area contributed by atoms with E-state index in [2.05, 4.69) is 30.1 Å². The van der Waals surface area contributed by atoms with Crippen LogP contribution in [0, 0.1) is 11.7 Å². The number of aromatic amines is 1. The third-order valence-corrected chi connectivity index (χ3v) is 6.54. The monoisotopic (exact) mass is 447 g/mol. The van der Waals surface area contributed by atoms with Gasteiger partial charge in [-0.2, -0.15) is 5.10 Å². The normalized spacial score (nSPS) is 18.8. The standard InChI is InChI=1S/C26H26FN3O3/c1-14(2)24-23(15-3-7-18(27)8-4-15)20-11-17-13-28-30-22(17)12-21(20)25(29-24)33-19-9-5-16(6-10-19)26(31)32/h3-4,7-8,11-14,16,19H,5-6,9-10H2,1-2H3,(H,28,30)(H,31,32). The van der Waals surface area contributed by atoms with Crippen molar-refractivity contribution in [3.63, 3.8) is 0 Å². The number of carboxylic acid groups (broad SMARTS) is 1. The van der Waals surface area contributed by atoms with Gasteiger partial charge in [-0.05, 0) is 66.8 Å². The molecule has 2 aromatic carbocycles. The number of pyridine rings is 1. The molecule has 0 aliphatic heterocycles. The number of rotatable bonds is 5. The van der Waals surface area contributed by atoms with Crippen LogP contribution < -0.4 is 4.74 Å². The molecule has 0 atom stereocenters. The first-order valence-electron chi connectivity index (χ1n) is 11.4. The minimum Gasteiger partial charge on any atom is -0.481 e. The molecule has 0 unspecified atom stereocenters. The largest absolute Gasteiger partial charge is 0.481 e. The zero-order valence-electron chi connectivity index (χ0n) is 18.6. The molecule has 1 aliphatic carbocycles. The van der Waals surface area contributed by atoms with Crippen LogP contribution in [-0.4, -0.2) is 32.4 Å². The lowest BCUT2D eigenvalue weighted by atomic mass is 9.87. The van der Waals surface area contributed by atoms with Gasteiger partial charge in [-0.25, -0.2) is 9.37 Å². The number of carboxylic acids is 1. The summed E-state index contributed by atoms with van der Waals surface area (Å²) in [5, 5.41) is 19.3. The molecule has 33 heavy (non-hydrogen) atoms. The lowest BCUT2D eigenvalue weighted by Gasteiger charge is -2.27. The second-order valence-corrected chi connectivity index (χ2v) is 9.12. The van der Waals surface area contributed by atoms with Crippen LogP contribution in [0.25, 0.3) is 32.8 Å². The number of ether oxygens (including phenoxy) is 1. The second-order valence-electron chi connectivity index (χ2n) is 9.12. The number of carbonyl (C=O) groups is 1. The molecular formula is C26H26FN3O3. The van der Waals surface area contributed by atoms with Crippen molar-refractivity contribution < 1.29 is 19.0 Å². The van der Waals surface area contributed by atoms with Gasteiger partial charge >= 0.3 is 5.97 Å². The van der Waals surface area contributed by atoms with E-state index in [1.807, 2.05) is 6.07 Å². The van der Waals surface area contributed by atoms with E-state index >= 15 is 0 Å². The Morgan fingerprint density at radius 1 is 1.12 bits per heavy atom. The third-order valence-electron chi connectivity index (χ3n) is 6.54. The molecule has 6 nitrogen and oxygen atoms in total. The highest BCUT2D eigenvalue weighted by Gasteiger charge is 2.28. The van der Waals surface area contributed by atoms with E-state index in [0.717, 1.165) is 38.5 Å². The van der Waals surface area contributed by atoms with Crippen LogP contribution in [0.1, 0.15) is 51.1 Å². The van der Waals surface area contributed by atoms with Crippen LogP contribution in [0.4, 0.5) is 4.39 Å². The number of nitrogens with zero attached hydrogens (tertiary/aromatic N) is 2. The Morgan fingerprint density at radius 2 is 1.85 bits per heavy atom. The van der Waals surface area contributed by atoms with Gasteiger partial charge in [0.25, 0.3) is 0 Å². The van der Waals surface area contributed by atoms with Crippen LogP contribution in [0.15, 0.2) is 42.6 Å². The molecule has 0 bridgehead atoms. The topological polar surface area (TPSA) is 88.1 Å². The lowest BCUT2D eigenvalue weighted by Crippen LogP contribution is -2.28. The Balaban J connectivity index is 1.66. The molecule has 2 N–H and O–H groups in total. The number of halogens is 1. The first-order chi connectivity index (χ1) is 15.9. The molecule has 2 aromatic heterocycles. The van der Waals surface area contributed by atoms with Crippen molar-refractivity contribution >= 4 is 27.6 Å². The predicted molar refractivity (Wildman–Crippen MR) is 125 cm³/mol. The predicted octanol–water partition coefficient (Wildman–Crippen LogP) is 6.06. The van der Waals surface area contributed by atoms with Crippen LogP contribution in [0.3, 0.4) is 0 Å². The van der Waals surface area contributed by atoms with Gasteiger partial charge in [-0.15, -0.1) is 0 Å². The molecule has 1 aliphatic rings. The van der Waals surface area contributed by atoms with E-state index in [1.165, 1.54) is 12.1 Å². The van der Waals surface area contributed by atoms with Crippen LogP contribution >= 0.6 is 0 Å². The number of nitrogens with one attached hydrogen (secondary N) is 1. The number of fused-ring (bicyclic) bond motifs is 2. The van der Waals surface area contributed by atoms with E-state index in [4.69, 9.17) is 9.72 Å². The van der Waals surface area contributed by atoms with Gasteiger partial charge in [-0.3, -0.25) is 9.89 Å². The number of aromatic nitrogens is 3. The van der Waals surface area contributed by atoms with E-state index in [1.54, 1.807) is 18.3 Å². The average molecular weight is 448 g/mol. The molecular weight excluding hydrogens is 421 g/mol. The number of aliphatic carboxylic acids is 1. The molecule has 7 heteroatoms. The quantitative estimate of drug-likeness (QED) is 0.388. The summed E-state index contributed by atoms with van der Waals surface area (Å²) < 4.78 is 20.1. The smallest absolute Gasteiger partial charge is 0.306 e. The summed E-state index contributed by atoms with van der Waals surface area (Å²) in [7, 11) is 0. The Bertz CT molecular complexity index is 1320. The van der Waals surface area contributed by atoms with Crippen LogP contribution in [0.2, 0.25) is 0 Å². The Morgan fingerprint density at radius 3 is 2.52 bits per heavy atom. The Kier molecular flexibility index (Phi) is 5.48. The highest BCUT2D eigenvalue weighted by molar-refractivity contribution is 6.06. The summed E-state index contributed by atoms with van der Waals surface area (Å²) in [6, 6.07) is 10.6. The van der Waals surface area contributed by atoms with Crippen molar-refractivity contribution in [2.45, 2.75) is 51.6 Å². The van der Waals surface area contributed by atoms with Crippen molar-refractivity contribution in [1.82, 2.24) is 15.2 Å². The van der Waals surface area contributed by atoms with Gasteiger partial charge < -0.3 is 9.84 Å². The van der Waals surface area contributed by atoms with Crippen LogP contribution in [0.5, 0.6) is 5.88 Å². The van der Waals surface area contributed by atoms with E-state index in [0.29, 0.717) is 31.6 Å². The molecule has 0 amide bonds. The average Bonchev–Trinajstić information content (AvgIpc) is 3.26. The van der Waals surface area contributed by atoms with Gasteiger partial charge in [0.2, 0.25) is 5.88 Å². The van der Waals surface area contributed by atoms with E-state index < -0.39 is 5.97 Å². The Labute approximate surface area is 190 Å². The number of benzene rings is 2. The summed E-state index contributed by atoms with van der Waals surface area (Å²) in [5.41, 5.74) is 3.62. The fraction of sp³-hybridized carbons (Fsp3) is 0.346. The van der Waals surface area contributed by atoms with Crippen LogP contribution in [-0.2, 0) is 4.79 Å². The van der Waals surface area contributed by atoms with E-state index in [9.17, 15) is 14.3 Å². The first-order valence-corrected chi connectivity index (χ1v) is 11.4. The van der Waals surface area contributed by atoms with Gasteiger partial charge in [0, 0.05) is 16.3 Å². The molecule has 4 aromatic rings. The molecule has 2 heterocycles. The maximum atomic E-state index is 13.7. The number of hydrogen-bond acceptors (Lipinski definition) is 4. The van der Waals surface area contributed by atoms with Crippen molar-refractivity contribution in [2.24, 2.45) is 5.92 Å². The maximum Gasteiger partial charge on any atom is 0.306 e. The van der Waals surface area contributed by atoms with Crippen molar-refractivity contribution in [3.05, 3.63) is 54.1 Å². The highest BCUT2D eigenvalue weighted by atomic mass is 19.1. The fourth-order valence-corrected chi connectivity index (χ4v) is 4.75. The maximum absolute atomic E-state index is 13.7. The first kappa shape index (κ1) is 21.4. The molecule has 0 radical (unpaired) electrons. The molecule has 0 saturated heterocycles. The Hall–Kier alpha value is -3.48. The van der Waals surface area contributed by atoms with E-state index in [-0.39, 0.29) is 23.8 Å². The van der Waals surface area contributed by atoms with Crippen molar-refractivity contribution in [2.75, 3.05) is 0 Å². The van der Waals surface area contributed by atoms with Gasteiger partial charge in [0.1, 0.15) is 11.9 Å². The summed E-state index contributed by atoms with van der Waals surface area (Å²) in [4.78, 5) is 16.3. The van der Waals surface area contributed by atoms with Gasteiger partial charge in [-0.1, -0.05) is 26.0 Å². The number of H-pyrrole nitrogens is 1. The summed E-state index contributed by atoms with van der Waals surface area (Å²) in [6.45, 7) is 4.17. The third kappa shape index (κ3) is 4.03. The highest BCUT2D eigenvalue weighted by Crippen LogP contribution is 2.41. The summed E-state index contributed by atoms with van der Waals surface area (Å²) >= 11 is 0. The fourth-order valence-electron chi connectivity index (χ4n) is 4.75. The molecule has 1 saturated carbocycles. The SMILES string of the molecule is CC(C)c1nc(OC2CCC(C(=O)O)CC2)c2cc3[nH]ncc3cc2c1-c1ccc(F)cc1. The molecule has 5 rings (SSSR count). The van der Waals surface area contributed by atoms with Gasteiger partial charge in [0.05, 0.1) is 23.3 Å². The van der Waals surface area contributed by atoms with Crippen molar-refractivity contribution in [3.8, 4) is 17.0 Å². The zero-order chi connectivity index (χ0) is 23.1. The minimum absolute atomic E-state index is 0.0783. The summed E-state index contributed by atoms with van der Waals surface area (Å²) in [6.07, 6.45) is 4.28. The second kappa shape index (κ2) is 8.46.